The van der Waals surface area contributed by atoms with E-state index < -0.39 is 0 Å². The fraction of sp³-hybridized carbons (Fsp3) is 0.600. The number of halogens is 1. The lowest BCUT2D eigenvalue weighted by atomic mass is 9.81. The molecule has 0 amide bonds. The second kappa shape index (κ2) is 4.40. The molecule has 92 valence electrons. The molecule has 0 aromatic heterocycles. The molecule has 0 spiro atoms. The Morgan fingerprint density at radius 2 is 2.12 bits per heavy atom. The first-order valence-corrected chi connectivity index (χ1v) is 7.38. The van der Waals surface area contributed by atoms with Gasteiger partial charge >= 0.3 is 0 Å². The Bertz CT molecular complexity index is 429. The van der Waals surface area contributed by atoms with E-state index in [1.165, 1.54) is 31.2 Å². The molecule has 3 rings (SSSR count). The summed E-state index contributed by atoms with van der Waals surface area (Å²) in [7, 11) is 0. The molecule has 1 aromatic carbocycles. The first-order valence-electron chi connectivity index (χ1n) is 6.59. The third kappa shape index (κ3) is 2.06. The minimum absolute atomic E-state index is 0.251. The Hall–Kier alpha value is -0.340. The number of fused-ring (bicyclic) bond motifs is 2. The molecule has 4 unspecified atom stereocenters. The zero-order valence-corrected chi connectivity index (χ0v) is 11.8. The van der Waals surface area contributed by atoms with Crippen LogP contribution < -0.4 is 0 Å². The molecule has 2 bridgehead atoms. The molecule has 0 radical (unpaired) electrons. The van der Waals surface area contributed by atoms with Gasteiger partial charge in [0, 0.05) is 4.47 Å². The number of aliphatic hydroxyl groups is 1. The van der Waals surface area contributed by atoms with E-state index in [0.717, 1.165) is 21.9 Å². The van der Waals surface area contributed by atoms with Crippen LogP contribution >= 0.6 is 15.9 Å². The molecule has 4 atom stereocenters. The third-order valence-corrected chi connectivity index (χ3v) is 5.24. The predicted octanol–water partition coefficient (Wildman–Crippen LogP) is 4.23. The van der Waals surface area contributed by atoms with Crippen molar-refractivity contribution in [1.29, 1.82) is 0 Å². The Labute approximate surface area is 111 Å². The summed E-state index contributed by atoms with van der Waals surface area (Å²) in [4.78, 5) is 0. The van der Waals surface area contributed by atoms with Gasteiger partial charge < -0.3 is 5.11 Å². The lowest BCUT2D eigenvalue weighted by Crippen LogP contribution is -2.19. The van der Waals surface area contributed by atoms with Crippen LogP contribution in [0.1, 0.15) is 42.9 Å². The third-order valence-electron chi connectivity index (χ3n) is 4.75. The summed E-state index contributed by atoms with van der Waals surface area (Å²) in [5.74, 6) is 2.18. The summed E-state index contributed by atoms with van der Waals surface area (Å²) in [6, 6.07) is 6.22. The lowest BCUT2D eigenvalue weighted by molar-refractivity contribution is 0.0740. The maximum Gasteiger partial charge on any atom is 0.0823 e. The summed E-state index contributed by atoms with van der Waals surface area (Å²) < 4.78 is 1.10. The Kier molecular flexibility index (Phi) is 3.04. The molecule has 1 nitrogen and oxygen atoms in total. The summed E-state index contributed by atoms with van der Waals surface area (Å²) >= 11 is 3.48. The molecule has 2 aliphatic rings. The number of hydrogen-bond donors (Lipinski definition) is 1. The van der Waals surface area contributed by atoms with Crippen molar-refractivity contribution in [3.63, 3.8) is 0 Å². The quantitative estimate of drug-likeness (QED) is 0.865. The molecular formula is C15H19BrO. The van der Waals surface area contributed by atoms with Gasteiger partial charge in [0.15, 0.2) is 0 Å². The molecule has 2 saturated carbocycles. The van der Waals surface area contributed by atoms with E-state index in [0.29, 0.717) is 5.92 Å². The molecule has 0 heterocycles. The van der Waals surface area contributed by atoms with Crippen LogP contribution in [0, 0.1) is 24.7 Å². The van der Waals surface area contributed by atoms with Crippen LogP contribution in [0.25, 0.3) is 0 Å². The van der Waals surface area contributed by atoms with Crippen molar-refractivity contribution >= 4 is 15.9 Å². The summed E-state index contributed by atoms with van der Waals surface area (Å²) in [6.45, 7) is 2.09. The van der Waals surface area contributed by atoms with Crippen LogP contribution in [-0.2, 0) is 0 Å². The number of hydrogen-bond acceptors (Lipinski definition) is 1. The normalized spacial score (nSPS) is 33.0. The first-order chi connectivity index (χ1) is 8.15. The van der Waals surface area contributed by atoms with E-state index >= 15 is 0 Å². The fourth-order valence-corrected chi connectivity index (χ4v) is 4.36. The highest BCUT2D eigenvalue weighted by Crippen LogP contribution is 2.52. The molecular weight excluding hydrogens is 276 g/mol. The van der Waals surface area contributed by atoms with Gasteiger partial charge in [0.25, 0.3) is 0 Å². The van der Waals surface area contributed by atoms with Gasteiger partial charge in [0.1, 0.15) is 0 Å². The fourth-order valence-electron chi connectivity index (χ4n) is 3.88. The zero-order valence-electron chi connectivity index (χ0n) is 10.2. The van der Waals surface area contributed by atoms with E-state index in [1.807, 2.05) is 6.07 Å². The van der Waals surface area contributed by atoms with Crippen LogP contribution in [0.4, 0.5) is 0 Å². The molecule has 0 saturated heterocycles. The van der Waals surface area contributed by atoms with E-state index in [-0.39, 0.29) is 6.10 Å². The van der Waals surface area contributed by atoms with Crippen LogP contribution in [0.3, 0.4) is 0 Å². The number of rotatable bonds is 2. The predicted molar refractivity (Wildman–Crippen MR) is 72.8 cm³/mol. The van der Waals surface area contributed by atoms with Crippen molar-refractivity contribution in [3.8, 4) is 0 Å². The van der Waals surface area contributed by atoms with Gasteiger partial charge in [-0.2, -0.15) is 0 Å². The summed E-state index contributed by atoms with van der Waals surface area (Å²) in [6.07, 6.45) is 5.08. The Balaban J connectivity index is 1.84. The summed E-state index contributed by atoms with van der Waals surface area (Å²) in [5.41, 5.74) is 2.33. The summed E-state index contributed by atoms with van der Waals surface area (Å²) in [5, 5.41) is 10.6. The molecule has 1 N–H and O–H groups in total. The smallest absolute Gasteiger partial charge is 0.0823 e. The van der Waals surface area contributed by atoms with Gasteiger partial charge in [0.05, 0.1) is 6.10 Å². The van der Waals surface area contributed by atoms with Crippen molar-refractivity contribution in [2.24, 2.45) is 17.8 Å². The molecule has 17 heavy (non-hydrogen) atoms. The number of aryl methyl sites for hydroxylation is 1. The van der Waals surface area contributed by atoms with Crippen molar-refractivity contribution in [1.82, 2.24) is 0 Å². The van der Waals surface area contributed by atoms with Crippen molar-refractivity contribution in [2.75, 3.05) is 0 Å². The van der Waals surface area contributed by atoms with E-state index in [1.54, 1.807) is 0 Å². The highest BCUT2D eigenvalue weighted by molar-refractivity contribution is 9.10. The molecule has 1 aromatic rings. The van der Waals surface area contributed by atoms with Gasteiger partial charge in [-0.25, -0.2) is 0 Å². The molecule has 2 aliphatic carbocycles. The number of aliphatic hydroxyl groups excluding tert-OH is 1. The minimum Gasteiger partial charge on any atom is -0.388 e. The van der Waals surface area contributed by atoms with Crippen molar-refractivity contribution < 1.29 is 5.11 Å². The highest BCUT2D eigenvalue weighted by Gasteiger charge is 2.43. The van der Waals surface area contributed by atoms with Gasteiger partial charge in [-0.1, -0.05) is 28.4 Å². The standard InChI is InChI=1S/C15H19BrO/c1-9-6-12(16)4-5-13(9)15(17)14-8-10-2-3-11(14)7-10/h4-6,10-11,14-15,17H,2-3,7-8H2,1H3. The zero-order chi connectivity index (χ0) is 12.0. The largest absolute Gasteiger partial charge is 0.388 e. The average Bonchev–Trinajstić information content (AvgIpc) is 2.89. The van der Waals surface area contributed by atoms with Gasteiger partial charge in [-0.05, 0) is 67.2 Å². The monoisotopic (exact) mass is 294 g/mol. The molecule has 0 aliphatic heterocycles. The Morgan fingerprint density at radius 1 is 1.29 bits per heavy atom. The van der Waals surface area contributed by atoms with Gasteiger partial charge in [-0.3, -0.25) is 0 Å². The van der Waals surface area contributed by atoms with E-state index in [9.17, 15) is 5.11 Å². The van der Waals surface area contributed by atoms with E-state index in [4.69, 9.17) is 0 Å². The second-order valence-electron chi connectivity index (χ2n) is 5.78. The molecule has 2 heteroatoms. The van der Waals surface area contributed by atoms with Gasteiger partial charge in [0.2, 0.25) is 0 Å². The van der Waals surface area contributed by atoms with Crippen molar-refractivity contribution in [3.05, 3.63) is 33.8 Å². The topological polar surface area (TPSA) is 20.2 Å². The SMILES string of the molecule is Cc1cc(Br)ccc1C(O)C1CC2CCC1C2. The van der Waals surface area contributed by atoms with E-state index in [2.05, 4.69) is 35.0 Å². The maximum atomic E-state index is 10.6. The Morgan fingerprint density at radius 3 is 2.71 bits per heavy atom. The average molecular weight is 295 g/mol. The van der Waals surface area contributed by atoms with Crippen LogP contribution in [0.2, 0.25) is 0 Å². The molecule has 2 fully saturated rings. The van der Waals surface area contributed by atoms with Crippen molar-refractivity contribution in [2.45, 2.75) is 38.7 Å². The lowest BCUT2D eigenvalue weighted by Gasteiger charge is -2.28. The second-order valence-corrected chi connectivity index (χ2v) is 6.70. The van der Waals surface area contributed by atoms with Crippen LogP contribution in [0.15, 0.2) is 22.7 Å². The van der Waals surface area contributed by atoms with Crippen LogP contribution in [0.5, 0.6) is 0 Å². The highest BCUT2D eigenvalue weighted by atomic mass is 79.9. The maximum absolute atomic E-state index is 10.6. The van der Waals surface area contributed by atoms with Crippen LogP contribution in [-0.4, -0.2) is 5.11 Å². The number of benzene rings is 1. The van der Waals surface area contributed by atoms with Gasteiger partial charge in [-0.15, -0.1) is 0 Å². The first kappa shape index (κ1) is 11.7. The minimum atomic E-state index is -0.251.